The molecule has 0 unspecified atom stereocenters. The summed E-state index contributed by atoms with van der Waals surface area (Å²) < 4.78 is 5.66. The Labute approximate surface area is 117 Å². The number of ether oxygens (including phenoxy) is 1. The number of thiazole rings is 1. The maximum atomic E-state index is 11.3. The van der Waals surface area contributed by atoms with Crippen molar-refractivity contribution < 1.29 is 9.53 Å². The first-order valence-electron chi connectivity index (χ1n) is 5.21. The fourth-order valence-corrected chi connectivity index (χ4v) is 2.55. The lowest BCUT2D eigenvalue weighted by molar-refractivity contribution is 0.0606. The van der Waals surface area contributed by atoms with E-state index < -0.39 is 0 Å². The van der Waals surface area contributed by atoms with E-state index in [9.17, 15) is 4.79 Å². The summed E-state index contributed by atoms with van der Waals surface area (Å²) in [5.74, 6) is -0.358. The van der Waals surface area contributed by atoms with Crippen molar-refractivity contribution >= 4 is 38.4 Å². The Morgan fingerprint density at radius 3 is 3.11 bits per heavy atom. The topological polar surface area (TPSA) is 51.2 Å². The highest BCUT2D eigenvalue weighted by molar-refractivity contribution is 9.10. The summed E-state index contributed by atoms with van der Waals surface area (Å²) in [7, 11) is 1.36. The van der Waals surface area contributed by atoms with Gasteiger partial charge >= 0.3 is 5.97 Å². The molecule has 1 aromatic carbocycles. The van der Waals surface area contributed by atoms with Crippen molar-refractivity contribution in [2.45, 2.75) is 6.54 Å². The van der Waals surface area contributed by atoms with Crippen LogP contribution in [0.25, 0.3) is 0 Å². The van der Waals surface area contributed by atoms with E-state index in [2.05, 4.69) is 31.0 Å². The monoisotopic (exact) mass is 326 g/mol. The Balaban J connectivity index is 1.98. The number of aromatic nitrogens is 1. The molecule has 0 aliphatic heterocycles. The van der Waals surface area contributed by atoms with E-state index in [4.69, 9.17) is 0 Å². The average Bonchev–Trinajstić information content (AvgIpc) is 2.84. The van der Waals surface area contributed by atoms with Gasteiger partial charge in [-0.05, 0) is 17.7 Å². The van der Waals surface area contributed by atoms with Gasteiger partial charge in [-0.3, -0.25) is 0 Å². The van der Waals surface area contributed by atoms with Crippen LogP contribution in [0.1, 0.15) is 15.2 Å². The lowest BCUT2D eigenvalue weighted by Crippen LogP contribution is -1.98. The van der Waals surface area contributed by atoms with E-state index in [0.29, 0.717) is 16.6 Å². The van der Waals surface area contributed by atoms with Crippen molar-refractivity contribution in [3.8, 4) is 0 Å². The maximum Gasteiger partial charge on any atom is 0.349 e. The molecule has 0 saturated carbocycles. The van der Waals surface area contributed by atoms with Gasteiger partial charge < -0.3 is 10.1 Å². The maximum absolute atomic E-state index is 11.3. The molecule has 0 amide bonds. The minimum Gasteiger partial charge on any atom is -0.465 e. The van der Waals surface area contributed by atoms with Gasteiger partial charge in [-0.2, -0.15) is 0 Å². The van der Waals surface area contributed by atoms with Crippen molar-refractivity contribution in [2.75, 3.05) is 12.4 Å². The number of benzene rings is 1. The molecular formula is C12H11BrN2O2S. The lowest BCUT2D eigenvalue weighted by atomic mass is 10.2. The molecule has 6 heteroatoms. The number of anilines is 1. The second kappa shape index (κ2) is 5.97. The standard InChI is InChI=1S/C12H11BrN2O2S/c1-17-11(16)10-7-15-12(18-10)14-6-8-3-2-4-9(13)5-8/h2-5,7H,6H2,1H3,(H,14,15). The predicted molar refractivity (Wildman–Crippen MR) is 74.9 cm³/mol. The molecule has 0 bridgehead atoms. The molecule has 1 aromatic heterocycles. The summed E-state index contributed by atoms with van der Waals surface area (Å²) in [6, 6.07) is 8.00. The Hall–Kier alpha value is -1.40. The summed E-state index contributed by atoms with van der Waals surface area (Å²) in [5, 5.41) is 3.87. The lowest BCUT2D eigenvalue weighted by Gasteiger charge is -2.02. The largest absolute Gasteiger partial charge is 0.465 e. The van der Waals surface area contributed by atoms with E-state index in [0.717, 1.165) is 10.0 Å². The van der Waals surface area contributed by atoms with Gasteiger partial charge in [-0.15, -0.1) is 0 Å². The van der Waals surface area contributed by atoms with E-state index >= 15 is 0 Å². The third kappa shape index (κ3) is 3.30. The van der Waals surface area contributed by atoms with Gasteiger partial charge in [0.25, 0.3) is 0 Å². The molecule has 94 valence electrons. The number of halogens is 1. The summed E-state index contributed by atoms with van der Waals surface area (Å²) in [5.41, 5.74) is 1.14. The van der Waals surface area contributed by atoms with Crippen LogP contribution in [0.4, 0.5) is 5.13 Å². The number of carbonyl (C=O) groups excluding carboxylic acids is 1. The van der Waals surface area contributed by atoms with Crippen LogP contribution in [0.5, 0.6) is 0 Å². The van der Waals surface area contributed by atoms with Crippen LogP contribution in [-0.2, 0) is 11.3 Å². The predicted octanol–water partition coefficient (Wildman–Crippen LogP) is 3.30. The van der Waals surface area contributed by atoms with Crippen LogP contribution in [0.15, 0.2) is 34.9 Å². The highest BCUT2D eigenvalue weighted by atomic mass is 79.9. The first kappa shape index (κ1) is 13.0. The molecule has 18 heavy (non-hydrogen) atoms. The molecule has 0 spiro atoms. The highest BCUT2D eigenvalue weighted by Crippen LogP contribution is 2.20. The molecule has 0 fully saturated rings. The molecule has 4 nitrogen and oxygen atoms in total. The van der Waals surface area contributed by atoms with Crippen LogP contribution < -0.4 is 5.32 Å². The van der Waals surface area contributed by atoms with Gasteiger partial charge in [0.2, 0.25) is 0 Å². The molecule has 0 radical (unpaired) electrons. The van der Waals surface area contributed by atoms with Gasteiger partial charge in [0.1, 0.15) is 4.88 Å². The van der Waals surface area contributed by atoms with E-state index in [1.165, 1.54) is 24.6 Å². The number of nitrogens with zero attached hydrogens (tertiary/aromatic N) is 1. The van der Waals surface area contributed by atoms with Crippen molar-refractivity contribution in [3.05, 3.63) is 45.4 Å². The number of methoxy groups -OCH3 is 1. The Kier molecular flexibility index (Phi) is 4.33. The third-order valence-electron chi connectivity index (χ3n) is 2.23. The van der Waals surface area contributed by atoms with Crippen LogP contribution in [-0.4, -0.2) is 18.1 Å². The summed E-state index contributed by atoms with van der Waals surface area (Å²) in [4.78, 5) is 15.9. The van der Waals surface area contributed by atoms with Gasteiger partial charge in [0.15, 0.2) is 5.13 Å². The molecule has 2 aromatic rings. The van der Waals surface area contributed by atoms with Crippen molar-refractivity contribution in [2.24, 2.45) is 0 Å². The molecule has 1 heterocycles. The number of rotatable bonds is 4. The second-order valence-corrected chi connectivity index (χ2v) is 5.45. The van der Waals surface area contributed by atoms with Crippen molar-refractivity contribution in [1.29, 1.82) is 0 Å². The van der Waals surface area contributed by atoms with E-state index in [-0.39, 0.29) is 5.97 Å². The van der Waals surface area contributed by atoms with Gasteiger partial charge in [-0.25, -0.2) is 9.78 Å². The first-order chi connectivity index (χ1) is 8.69. The zero-order valence-corrected chi connectivity index (χ0v) is 12.0. The van der Waals surface area contributed by atoms with Crippen molar-refractivity contribution in [1.82, 2.24) is 4.98 Å². The third-order valence-corrected chi connectivity index (χ3v) is 3.65. The summed E-state index contributed by atoms with van der Waals surface area (Å²) >= 11 is 4.70. The zero-order chi connectivity index (χ0) is 13.0. The number of esters is 1. The quantitative estimate of drug-likeness (QED) is 0.876. The first-order valence-corrected chi connectivity index (χ1v) is 6.82. The van der Waals surface area contributed by atoms with Crippen LogP contribution in [0.2, 0.25) is 0 Å². The zero-order valence-electron chi connectivity index (χ0n) is 9.64. The molecule has 0 aliphatic carbocycles. The number of hydrogen-bond donors (Lipinski definition) is 1. The summed E-state index contributed by atoms with van der Waals surface area (Å²) in [6.45, 7) is 0.660. The van der Waals surface area contributed by atoms with Gasteiger partial charge in [0.05, 0.1) is 13.3 Å². The number of carbonyl (C=O) groups is 1. The Morgan fingerprint density at radius 1 is 1.56 bits per heavy atom. The smallest absolute Gasteiger partial charge is 0.349 e. The van der Waals surface area contributed by atoms with Crippen LogP contribution in [0, 0.1) is 0 Å². The molecular weight excluding hydrogens is 316 g/mol. The molecule has 0 aliphatic rings. The normalized spacial score (nSPS) is 10.1. The van der Waals surface area contributed by atoms with Crippen LogP contribution in [0.3, 0.4) is 0 Å². The molecule has 1 N–H and O–H groups in total. The summed E-state index contributed by atoms with van der Waals surface area (Å²) in [6.07, 6.45) is 1.51. The van der Waals surface area contributed by atoms with Gasteiger partial charge in [-0.1, -0.05) is 39.4 Å². The number of hydrogen-bond acceptors (Lipinski definition) is 5. The Morgan fingerprint density at radius 2 is 2.39 bits per heavy atom. The average molecular weight is 327 g/mol. The van der Waals surface area contributed by atoms with E-state index in [1.54, 1.807) is 0 Å². The SMILES string of the molecule is COC(=O)c1cnc(NCc2cccc(Br)c2)s1. The second-order valence-electron chi connectivity index (χ2n) is 3.50. The Bertz CT molecular complexity index is 557. The fraction of sp³-hybridized carbons (Fsp3) is 0.167. The highest BCUT2D eigenvalue weighted by Gasteiger charge is 2.09. The van der Waals surface area contributed by atoms with Crippen molar-refractivity contribution in [3.63, 3.8) is 0 Å². The minimum absolute atomic E-state index is 0.358. The molecule has 0 saturated heterocycles. The van der Waals surface area contributed by atoms with E-state index in [1.807, 2.05) is 24.3 Å². The van der Waals surface area contributed by atoms with Gasteiger partial charge in [0, 0.05) is 11.0 Å². The number of nitrogens with one attached hydrogen (secondary N) is 1. The molecule has 2 rings (SSSR count). The fourth-order valence-electron chi connectivity index (χ4n) is 1.38. The minimum atomic E-state index is -0.358. The van der Waals surface area contributed by atoms with Crippen LogP contribution >= 0.6 is 27.3 Å². The molecule has 0 atom stereocenters.